The first-order valence-electron chi connectivity index (χ1n) is 5.35. The number of carbonyl (C=O) groups is 2. The van der Waals surface area contributed by atoms with Gasteiger partial charge in [-0.2, -0.15) is 10.5 Å². The van der Waals surface area contributed by atoms with Crippen molar-refractivity contribution in [3.8, 4) is 12.1 Å². The van der Waals surface area contributed by atoms with Crippen molar-refractivity contribution in [1.29, 1.82) is 10.5 Å². The summed E-state index contributed by atoms with van der Waals surface area (Å²) in [6.45, 7) is 3.32. The van der Waals surface area contributed by atoms with Crippen molar-refractivity contribution in [1.82, 2.24) is 0 Å². The molecule has 0 saturated heterocycles. The molecule has 0 N–H and O–H groups in total. The molecule has 0 amide bonds. The normalized spacial score (nSPS) is 9.06. The average Bonchev–Trinajstić information content (AvgIpc) is 2.36. The summed E-state index contributed by atoms with van der Waals surface area (Å²) >= 11 is 0. The van der Waals surface area contributed by atoms with Crippen molar-refractivity contribution in [3.63, 3.8) is 0 Å². The van der Waals surface area contributed by atoms with Gasteiger partial charge >= 0.3 is 11.9 Å². The SMILES string of the molecule is C=CCC(C(=O)OCCC#N)C(=O)OCCC#N. The molecular formula is C12H14N2O4. The van der Waals surface area contributed by atoms with Gasteiger partial charge in [-0.05, 0) is 6.42 Å². The van der Waals surface area contributed by atoms with E-state index < -0.39 is 17.9 Å². The van der Waals surface area contributed by atoms with Crippen molar-refractivity contribution in [2.24, 2.45) is 5.92 Å². The van der Waals surface area contributed by atoms with Gasteiger partial charge in [-0.25, -0.2) is 0 Å². The minimum atomic E-state index is -1.08. The van der Waals surface area contributed by atoms with Crippen LogP contribution in [-0.2, 0) is 19.1 Å². The fourth-order valence-electron chi connectivity index (χ4n) is 1.05. The molecule has 0 bridgehead atoms. The first kappa shape index (κ1) is 15.7. The van der Waals surface area contributed by atoms with E-state index in [1.165, 1.54) is 6.08 Å². The molecule has 6 nitrogen and oxygen atoms in total. The van der Waals surface area contributed by atoms with Gasteiger partial charge in [0.1, 0.15) is 13.2 Å². The quantitative estimate of drug-likeness (QED) is 0.276. The van der Waals surface area contributed by atoms with Crippen LogP contribution >= 0.6 is 0 Å². The monoisotopic (exact) mass is 250 g/mol. The van der Waals surface area contributed by atoms with E-state index in [4.69, 9.17) is 20.0 Å². The number of allylic oxidation sites excluding steroid dienone is 1. The Morgan fingerprint density at radius 1 is 1.11 bits per heavy atom. The Labute approximate surface area is 105 Å². The molecule has 6 heteroatoms. The third kappa shape index (κ3) is 6.29. The Balaban J connectivity index is 4.31. The van der Waals surface area contributed by atoms with Crippen LogP contribution in [0.1, 0.15) is 19.3 Å². The maximum atomic E-state index is 11.5. The van der Waals surface area contributed by atoms with Crippen molar-refractivity contribution >= 4 is 11.9 Å². The minimum absolute atomic E-state index is 0.0611. The first-order valence-corrected chi connectivity index (χ1v) is 5.35. The number of carbonyl (C=O) groups excluding carboxylic acids is 2. The van der Waals surface area contributed by atoms with Gasteiger partial charge < -0.3 is 9.47 Å². The van der Waals surface area contributed by atoms with Gasteiger partial charge in [0.2, 0.25) is 0 Å². The molecule has 0 atom stereocenters. The summed E-state index contributed by atoms with van der Waals surface area (Å²) in [7, 11) is 0. The third-order valence-corrected chi connectivity index (χ3v) is 1.89. The number of esters is 2. The number of nitrogens with zero attached hydrogens (tertiary/aromatic N) is 2. The molecule has 0 fully saturated rings. The van der Waals surface area contributed by atoms with E-state index in [0.29, 0.717) is 0 Å². The van der Waals surface area contributed by atoms with Gasteiger partial charge in [0.25, 0.3) is 0 Å². The van der Waals surface area contributed by atoms with Crippen molar-refractivity contribution in [2.45, 2.75) is 19.3 Å². The lowest BCUT2D eigenvalue weighted by Gasteiger charge is -2.12. The standard InChI is InChI=1S/C12H14N2O4/c1-2-5-10(11(15)17-8-3-6-13)12(16)18-9-4-7-14/h2,10H,1,3-5,8-9H2. The second-order valence-electron chi connectivity index (χ2n) is 3.23. The van der Waals surface area contributed by atoms with E-state index in [0.717, 1.165) is 0 Å². The highest BCUT2D eigenvalue weighted by Gasteiger charge is 2.28. The predicted octanol–water partition coefficient (Wildman–Crippen LogP) is 1.09. The van der Waals surface area contributed by atoms with Crippen LogP contribution in [0.2, 0.25) is 0 Å². The molecular weight excluding hydrogens is 236 g/mol. The zero-order chi connectivity index (χ0) is 13.8. The Kier molecular flexibility index (Phi) is 8.57. The van der Waals surface area contributed by atoms with Crippen LogP contribution in [0.4, 0.5) is 0 Å². The van der Waals surface area contributed by atoms with Crippen molar-refractivity contribution < 1.29 is 19.1 Å². The second kappa shape index (κ2) is 9.86. The van der Waals surface area contributed by atoms with Crippen LogP contribution in [0.3, 0.4) is 0 Å². The summed E-state index contributed by atoms with van der Waals surface area (Å²) in [5, 5.41) is 16.6. The summed E-state index contributed by atoms with van der Waals surface area (Å²) in [5.41, 5.74) is 0. The van der Waals surface area contributed by atoms with E-state index in [2.05, 4.69) is 6.58 Å². The molecule has 0 aliphatic rings. The summed E-state index contributed by atoms with van der Waals surface area (Å²) in [4.78, 5) is 23.1. The third-order valence-electron chi connectivity index (χ3n) is 1.89. The maximum Gasteiger partial charge on any atom is 0.320 e. The van der Waals surface area contributed by atoms with E-state index in [1.807, 2.05) is 12.1 Å². The average molecular weight is 250 g/mol. The molecule has 0 unspecified atom stereocenters. The molecule has 0 aromatic carbocycles. The Morgan fingerprint density at radius 3 is 1.89 bits per heavy atom. The Morgan fingerprint density at radius 2 is 1.56 bits per heavy atom. The Bertz CT molecular complexity index is 347. The van der Waals surface area contributed by atoms with Gasteiger partial charge in [0.05, 0.1) is 25.0 Å². The van der Waals surface area contributed by atoms with Crippen LogP contribution in [-0.4, -0.2) is 25.2 Å². The van der Waals surface area contributed by atoms with E-state index in [9.17, 15) is 9.59 Å². The van der Waals surface area contributed by atoms with E-state index in [1.54, 1.807) is 0 Å². The summed E-state index contributed by atoms with van der Waals surface area (Å²) in [6.07, 6.45) is 1.63. The zero-order valence-electron chi connectivity index (χ0n) is 9.92. The van der Waals surface area contributed by atoms with Crippen LogP contribution < -0.4 is 0 Å². The fourth-order valence-corrected chi connectivity index (χ4v) is 1.05. The van der Waals surface area contributed by atoms with Crippen molar-refractivity contribution in [3.05, 3.63) is 12.7 Å². The lowest BCUT2D eigenvalue weighted by Crippen LogP contribution is -2.28. The predicted molar refractivity (Wildman–Crippen MR) is 60.7 cm³/mol. The second-order valence-corrected chi connectivity index (χ2v) is 3.23. The molecule has 0 aliphatic carbocycles. The maximum absolute atomic E-state index is 11.5. The summed E-state index contributed by atoms with van der Waals surface area (Å²) in [6, 6.07) is 3.63. The molecule has 0 saturated carbocycles. The van der Waals surface area contributed by atoms with E-state index >= 15 is 0 Å². The van der Waals surface area contributed by atoms with Gasteiger partial charge in [0, 0.05) is 0 Å². The number of nitriles is 2. The van der Waals surface area contributed by atoms with Gasteiger partial charge in [-0.1, -0.05) is 6.08 Å². The molecule has 0 spiro atoms. The lowest BCUT2D eigenvalue weighted by atomic mass is 10.1. The molecule has 0 radical (unpaired) electrons. The first-order chi connectivity index (χ1) is 8.67. The molecule has 0 aromatic rings. The molecule has 96 valence electrons. The molecule has 0 heterocycles. The highest BCUT2D eigenvalue weighted by molar-refractivity contribution is 5.95. The molecule has 0 aliphatic heterocycles. The minimum Gasteiger partial charge on any atom is -0.464 e. The topological polar surface area (TPSA) is 100 Å². The zero-order valence-corrected chi connectivity index (χ0v) is 9.92. The number of ether oxygens (including phenoxy) is 2. The lowest BCUT2D eigenvalue weighted by molar-refractivity contribution is -0.161. The number of hydrogen-bond acceptors (Lipinski definition) is 6. The highest BCUT2D eigenvalue weighted by atomic mass is 16.6. The highest BCUT2D eigenvalue weighted by Crippen LogP contribution is 2.10. The summed E-state index contributed by atoms with van der Waals surface area (Å²) in [5.74, 6) is -2.57. The Hall–Kier alpha value is -2.34. The smallest absolute Gasteiger partial charge is 0.320 e. The number of rotatable bonds is 8. The summed E-state index contributed by atoms with van der Waals surface area (Å²) < 4.78 is 9.50. The number of hydrogen-bond donors (Lipinski definition) is 0. The molecule has 18 heavy (non-hydrogen) atoms. The van der Waals surface area contributed by atoms with E-state index in [-0.39, 0.29) is 32.5 Å². The van der Waals surface area contributed by atoms with Crippen molar-refractivity contribution in [2.75, 3.05) is 13.2 Å². The van der Waals surface area contributed by atoms with Gasteiger partial charge in [-0.3, -0.25) is 9.59 Å². The van der Waals surface area contributed by atoms with Crippen LogP contribution in [0.5, 0.6) is 0 Å². The van der Waals surface area contributed by atoms with Crippen LogP contribution in [0.25, 0.3) is 0 Å². The fraction of sp³-hybridized carbons (Fsp3) is 0.500. The van der Waals surface area contributed by atoms with Crippen LogP contribution in [0, 0.1) is 28.6 Å². The van der Waals surface area contributed by atoms with Crippen LogP contribution in [0.15, 0.2) is 12.7 Å². The molecule has 0 aromatic heterocycles. The largest absolute Gasteiger partial charge is 0.464 e. The van der Waals surface area contributed by atoms with Gasteiger partial charge in [0.15, 0.2) is 5.92 Å². The molecule has 0 rings (SSSR count). The van der Waals surface area contributed by atoms with Gasteiger partial charge in [-0.15, -0.1) is 6.58 Å².